The summed E-state index contributed by atoms with van der Waals surface area (Å²) < 4.78 is 0. The Balaban J connectivity index is 1.59. The normalized spacial score (nSPS) is 18.1. The average molecular weight is 283 g/mol. The number of fused-ring (bicyclic) bond motifs is 1. The molecule has 0 saturated heterocycles. The van der Waals surface area contributed by atoms with Crippen LogP contribution >= 0.6 is 0 Å². The van der Waals surface area contributed by atoms with E-state index in [9.17, 15) is 4.79 Å². The van der Waals surface area contributed by atoms with Gasteiger partial charge >= 0.3 is 0 Å². The van der Waals surface area contributed by atoms with Crippen molar-refractivity contribution in [2.45, 2.75) is 25.7 Å². The molecular weight excluding hydrogens is 262 g/mol. The Morgan fingerprint density at radius 1 is 1.14 bits per heavy atom. The molecule has 4 rings (SSSR count). The number of hydrogen-bond donors (Lipinski definition) is 2. The second-order valence-electron chi connectivity index (χ2n) is 6.63. The first-order chi connectivity index (χ1) is 10.2. The standard InChI is InChI=1S/C17H21N3O/c18-14-5-6-15-13(7-14)8-16(19-15)17(21)20(9-11-1-2-11)10-12-3-4-12/h5-8,11-12,19H,1-4,9-10,18H2. The number of nitrogens with two attached hydrogens (primary N) is 1. The van der Waals surface area contributed by atoms with Crippen LogP contribution in [0.4, 0.5) is 5.69 Å². The molecular formula is C17H21N3O. The highest BCUT2D eigenvalue weighted by atomic mass is 16.2. The van der Waals surface area contributed by atoms with Crippen LogP contribution in [-0.4, -0.2) is 28.9 Å². The van der Waals surface area contributed by atoms with Crippen molar-refractivity contribution in [1.29, 1.82) is 0 Å². The number of aromatic amines is 1. The summed E-state index contributed by atoms with van der Waals surface area (Å²) in [6, 6.07) is 7.64. The number of nitrogens with zero attached hydrogens (tertiary/aromatic N) is 1. The maximum atomic E-state index is 12.8. The number of carbonyl (C=O) groups excluding carboxylic acids is 1. The maximum Gasteiger partial charge on any atom is 0.270 e. The van der Waals surface area contributed by atoms with Crippen LogP contribution in [0.5, 0.6) is 0 Å². The number of aromatic nitrogens is 1. The first kappa shape index (κ1) is 12.7. The minimum absolute atomic E-state index is 0.142. The molecule has 1 aromatic heterocycles. The fraction of sp³-hybridized carbons (Fsp3) is 0.471. The number of rotatable bonds is 5. The molecule has 2 fully saturated rings. The number of anilines is 1. The van der Waals surface area contributed by atoms with E-state index >= 15 is 0 Å². The second kappa shape index (κ2) is 4.79. The van der Waals surface area contributed by atoms with E-state index in [1.807, 2.05) is 24.3 Å². The monoisotopic (exact) mass is 283 g/mol. The van der Waals surface area contributed by atoms with E-state index in [0.29, 0.717) is 5.69 Å². The molecule has 3 N–H and O–H groups in total. The molecule has 4 heteroatoms. The summed E-state index contributed by atoms with van der Waals surface area (Å²) in [6.45, 7) is 1.85. The quantitative estimate of drug-likeness (QED) is 0.829. The zero-order valence-corrected chi connectivity index (χ0v) is 12.1. The third kappa shape index (κ3) is 2.75. The Kier molecular flexibility index (Phi) is 2.91. The van der Waals surface area contributed by atoms with Gasteiger partial charge in [-0.15, -0.1) is 0 Å². The van der Waals surface area contributed by atoms with Gasteiger partial charge in [-0.1, -0.05) is 0 Å². The van der Waals surface area contributed by atoms with E-state index in [2.05, 4.69) is 9.88 Å². The number of hydrogen-bond acceptors (Lipinski definition) is 2. The van der Waals surface area contributed by atoms with Crippen molar-refractivity contribution >= 4 is 22.5 Å². The summed E-state index contributed by atoms with van der Waals surface area (Å²) in [5.41, 5.74) is 8.21. The van der Waals surface area contributed by atoms with Crippen LogP contribution in [-0.2, 0) is 0 Å². The minimum Gasteiger partial charge on any atom is -0.399 e. The van der Waals surface area contributed by atoms with Gasteiger partial charge in [0.1, 0.15) is 5.69 Å². The third-order valence-corrected chi connectivity index (χ3v) is 4.51. The number of nitrogen functional groups attached to an aromatic ring is 1. The van der Waals surface area contributed by atoms with Crippen LogP contribution in [0.25, 0.3) is 10.9 Å². The van der Waals surface area contributed by atoms with Gasteiger partial charge < -0.3 is 15.6 Å². The van der Waals surface area contributed by atoms with E-state index < -0.39 is 0 Å². The number of H-pyrrole nitrogens is 1. The highest BCUT2D eigenvalue weighted by Gasteiger charge is 2.32. The molecule has 0 aliphatic heterocycles. The van der Waals surface area contributed by atoms with Gasteiger partial charge in [0.25, 0.3) is 5.91 Å². The van der Waals surface area contributed by atoms with Crippen molar-refractivity contribution in [3.8, 4) is 0 Å². The fourth-order valence-corrected chi connectivity index (χ4v) is 2.90. The number of nitrogens with one attached hydrogen (secondary N) is 1. The zero-order chi connectivity index (χ0) is 14.4. The predicted molar refractivity (Wildman–Crippen MR) is 84.1 cm³/mol. The number of benzene rings is 1. The topological polar surface area (TPSA) is 62.1 Å². The van der Waals surface area contributed by atoms with Crippen LogP contribution in [0.3, 0.4) is 0 Å². The smallest absolute Gasteiger partial charge is 0.270 e. The highest BCUT2D eigenvalue weighted by molar-refractivity contribution is 5.98. The molecule has 1 aromatic carbocycles. The zero-order valence-electron chi connectivity index (χ0n) is 12.1. The van der Waals surface area contributed by atoms with Gasteiger partial charge in [0.15, 0.2) is 0 Å². The van der Waals surface area contributed by atoms with Gasteiger partial charge in [0.05, 0.1) is 0 Å². The molecule has 2 aliphatic rings. The Hall–Kier alpha value is -1.97. The summed E-state index contributed by atoms with van der Waals surface area (Å²) in [5, 5.41) is 1.01. The lowest BCUT2D eigenvalue weighted by molar-refractivity contribution is 0.0734. The molecule has 110 valence electrons. The molecule has 21 heavy (non-hydrogen) atoms. The van der Waals surface area contributed by atoms with Crippen LogP contribution in [0.2, 0.25) is 0 Å². The SMILES string of the molecule is Nc1ccc2[nH]c(C(=O)N(CC3CC3)CC3CC3)cc2c1. The minimum atomic E-state index is 0.142. The van der Waals surface area contributed by atoms with Crippen LogP contribution < -0.4 is 5.73 Å². The molecule has 0 atom stereocenters. The van der Waals surface area contributed by atoms with Gasteiger partial charge in [0.2, 0.25) is 0 Å². The molecule has 0 unspecified atom stereocenters. The van der Waals surface area contributed by atoms with Crippen molar-refractivity contribution in [2.24, 2.45) is 11.8 Å². The molecule has 2 aromatic rings. The molecule has 0 spiro atoms. The Bertz CT molecular complexity index is 668. The van der Waals surface area contributed by atoms with Gasteiger partial charge in [-0.3, -0.25) is 4.79 Å². The highest BCUT2D eigenvalue weighted by Crippen LogP contribution is 2.34. The number of carbonyl (C=O) groups is 1. The Labute approximate surface area is 124 Å². The molecule has 1 heterocycles. The Morgan fingerprint density at radius 2 is 1.81 bits per heavy atom. The van der Waals surface area contributed by atoms with Crippen molar-refractivity contribution in [3.63, 3.8) is 0 Å². The van der Waals surface area contributed by atoms with E-state index in [0.717, 1.165) is 41.5 Å². The second-order valence-corrected chi connectivity index (χ2v) is 6.63. The molecule has 2 aliphatic carbocycles. The first-order valence-electron chi connectivity index (χ1n) is 7.86. The molecule has 1 amide bonds. The first-order valence-corrected chi connectivity index (χ1v) is 7.86. The number of amides is 1. The van der Waals surface area contributed by atoms with Crippen molar-refractivity contribution in [1.82, 2.24) is 9.88 Å². The maximum absolute atomic E-state index is 12.8. The largest absolute Gasteiger partial charge is 0.399 e. The summed E-state index contributed by atoms with van der Waals surface area (Å²) in [6.07, 6.45) is 5.10. The summed E-state index contributed by atoms with van der Waals surface area (Å²) >= 11 is 0. The van der Waals surface area contributed by atoms with Gasteiger partial charge in [-0.05, 0) is 61.8 Å². The van der Waals surface area contributed by atoms with Crippen LogP contribution in [0.15, 0.2) is 24.3 Å². The van der Waals surface area contributed by atoms with Gasteiger partial charge in [0, 0.05) is 29.7 Å². The van der Waals surface area contributed by atoms with Crippen molar-refractivity contribution in [2.75, 3.05) is 18.8 Å². The summed E-state index contributed by atoms with van der Waals surface area (Å²) in [4.78, 5) is 18.1. The van der Waals surface area contributed by atoms with E-state index in [4.69, 9.17) is 5.73 Å². The summed E-state index contributed by atoms with van der Waals surface area (Å²) in [7, 11) is 0. The lowest BCUT2D eigenvalue weighted by Crippen LogP contribution is -2.34. The van der Waals surface area contributed by atoms with Crippen LogP contribution in [0.1, 0.15) is 36.2 Å². The Morgan fingerprint density at radius 3 is 2.43 bits per heavy atom. The lowest BCUT2D eigenvalue weighted by Gasteiger charge is -2.21. The summed E-state index contributed by atoms with van der Waals surface area (Å²) in [5.74, 6) is 1.60. The van der Waals surface area contributed by atoms with E-state index in [1.165, 1.54) is 25.7 Å². The van der Waals surface area contributed by atoms with Gasteiger partial charge in [-0.25, -0.2) is 0 Å². The van der Waals surface area contributed by atoms with Gasteiger partial charge in [-0.2, -0.15) is 0 Å². The average Bonchev–Trinajstić information content (AvgIpc) is 3.38. The molecule has 2 saturated carbocycles. The fourth-order valence-electron chi connectivity index (χ4n) is 2.90. The van der Waals surface area contributed by atoms with Crippen molar-refractivity contribution < 1.29 is 4.79 Å². The lowest BCUT2D eigenvalue weighted by atomic mass is 10.2. The third-order valence-electron chi connectivity index (χ3n) is 4.51. The van der Waals surface area contributed by atoms with E-state index in [1.54, 1.807) is 0 Å². The molecule has 0 bridgehead atoms. The van der Waals surface area contributed by atoms with E-state index in [-0.39, 0.29) is 5.91 Å². The van der Waals surface area contributed by atoms with Crippen LogP contribution in [0, 0.1) is 11.8 Å². The molecule has 0 radical (unpaired) electrons. The van der Waals surface area contributed by atoms with Crippen molar-refractivity contribution in [3.05, 3.63) is 30.0 Å². The predicted octanol–water partition coefficient (Wildman–Crippen LogP) is 3.01. The molecule has 4 nitrogen and oxygen atoms in total.